The maximum atomic E-state index is 13.0. The predicted molar refractivity (Wildman–Crippen MR) is 114 cm³/mol. The molecule has 5 nitrogen and oxygen atoms in total. The minimum Gasteiger partial charge on any atom is -0.452 e. The Morgan fingerprint density at radius 2 is 1.97 bits per heavy atom. The lowest BCUT2D eigenvalue weighted by Crippen LogP contribution is -2.31. The van der Waals surface area contributed by atoms with Crippen LogP contribution >= 0.6 is 11.3 Å². The van der Waals surface area contributed by atoms with Crippen LogP contribution in [0.3, 0.4) is 0 Å². The van der Waals surface area contributed by atoms with Crippen LogP contribution in [-0.2, 0) is 28.9 Å². The van der Waals surface area contributed by atoms with Crippen molar-refractivity contribution in [3.63, 3.8) is 0 Å². The zero-order valence-electron chi connectivity index (χ0n) is 16.7. The molecule has 29 heavy (non-hydrogen) atoms. The molecule has 0 bridgehead atoms. The van der Waals surface area contributed by atoms with E-state index in [1.807, 2.05) is 42.6 Å². The molecule has 1 aliphatic carbocycles. The quantitative estimate of drug-likeness (QED) is 0.591. The molecule has 3 aromatic rings. The lowest BCUT2D eigenvalue weighted by molar-refractivity contribution is -0.133. The Hall–Kier alpha value is -2.73. The third kappa shape index (κ3) is 4.03. The van der Waals surface area contributed by atoms with E-state index in [2.05, 4.69) is 0 Å². The van der Waals surface area contributed by atoms with Crippen LogP contribution in [0.15, 0.2) is 35.7 Å². The number of pyridine rings is 1. The van der Waals surface area contributed by atoms with Gasteiger partial charge in [-0.2, -0.15) is 0 Å². The number of hydrogen-bond donors (Lipinski definition) is 0. The number of aryl methyl sites for hydroxylation is 2. The van der Waals surface area contributed by atoms with Gasteiger partial charge >= 0.3 is 5.97 Å². The Labute approximate surface area is 174 Å². The lowest BCUT2D eigenvalue weighted by Gasteiger charge is -2.20. The summed E-state index contributed by atoms with van der Waals surface area (Å²) >= 11 is 1.62. The van der Waals surface area contributed by atoms with Gasteiger partial charge in [-0.05, 0) is 61.2 Å². The Bertz CT molecular complexity index is 1070. The minimum absolute atomic E-state index is 0.210. The summed E-state index contributed by atoms with van der Waals surface area (Å²) in [4.78, 5) is 33.0. The molecule has 2 heterocycles. The summed E-state index contributed by atoms with van der Waals surface area (Å²) in [5.74, 6) is -0.644. The average molecular weight is 409 g/mol. The molecule has 0 fully saturated rings. The van der Waals surface area contributed by atoms with Crippen LogP contribution in [0.1, 0.15) is 44.9 Å². The lowest BCUT2D eigenvalue weighted by atomic mass is 9.90. The number of rotatable bonds is 5. The number of fused-ring (bicyclic) bond motifs is 2. The maximum absolute atomic E-state index is 13.0. The summed E-state index contributed by atoms with van der Waals surface area (Å²) in [5.41, 5.74) is 4.52. The molecule has 1 aromatic carbocycles. The highest BCUT2D eigenvalue weighted by Crippen LogP contribution is 2.29. The van der Waals surface area contributed by atoms with Crippen LogP contribution in [0, 0.1) is 6.92 Å². The molecular formula is C23H24N2O3S. The van der Waals surface area contributed by atoms with Gasteiger partial charge in [0.2, 0.25) is 0 Å². The van der Waals surface area contributed by atoms with Crippen LogP contribution in [0.2, 0.25) is 0 Å². The van der Waals surface area contributed by atoms with E-state index in [1.54, 1.807) is 23.3 Å². The minimum atomic E-state index is -0.434. The van der Waals surface area contributed by atoms with Crippen LogP contribution in [-0.4, -0.2) is 35.4 Å². The number of carbonyl (C=O) groups is 2. The number of amides is 1. The summed E-state index contributed by atoms with van der Waals surface area (Å²) in [6.45, 7) is 2.29. The molecule has 0 unspecified atom stereocenters. The van der Waals surface area contributed by atoms with E-state index in [0.717, 1.165) is 52.7 Å². The van der Waals surface area contributed by atoms with Crippen molar-refractivity contribution < 1.29 is 14.3 Å². The smallest absolute Gasteiger partial charge is 0.339 e. The van der Waals surface area contributed by atoms with Crippen molar-refractivity contribution in [1.29, 1.82) is 0 Å². The third-order valence-corrected chi connectivity index (χ3v) is 6.48. The molecule has 1 aliphatic rings. The van der Waals surface area contributed by atoms with Crippen molar-refractivity contribution >= 4 is 34.1 Å². The summed E-state index contributed by atoms with van der Waals surface area (Å²) in [7, 11) is 1.74. The Balaban J connectivity index is 1.52. The molecule has 0 spiro atoms. The number of para-hydroxylation sites is 1. The molecule has 150 valence electrons. The first-order valence-corrected chi connectivity index (χ1v) is 10.8. The monoisotopic (exact) mass is 408 g/mol. The molecule has 0 atom stereocenters. The average Bonchev–Trinajstić information content (AvgIpc) is 3.14. The second kappa shape index (κ2) is 8.33. The first-order valence-electron chi connectivity index (χ1n) is 9.89. The van der Waals surface area contributed by atoms with E-state index in [9.17, 15) is 9.59 Å². The summed E-state index contributed by atoms with van der Waals surface area (Å²) in [5, 5.41) is 2.81. The fourth-order valence-corrected chi connectivity index (χ4v) is 4.74. The molecular weight excluding hydrogens is 384 g/mol. The van der Waals surface area contributed by atoms with Gasteiger partial charge in [-0.3, -0.25) is 9.78 Å². The molecule has 1 amide bonds. The zero-order valence-corrected chi connectivity index (χ0v) is 17.6. The van der Waals surface area contributed by atoms with Gasteiger partial charge in [0.1, 0.15) is 0 Å². The molecule has 4 rings (SSSR count). The molecule has 0 aliphatic heterocycles. The van der Waals surface area contributed by atoms with Crippen molar-refractivity contribution in [2.45, 2.75) is 39.2 Å². The van der Waals surface area contributed by atoms with Gasteiger partial charge in [-0.25, -0.2) is 4.79 Å². The van der Waals surface area contributed by atoms with Gasteiger partial charge in [-0.15, -0.1) is 11.3 Å². The van der Waals surface area contributed by atoms with E-state index in [0.29, 0.717) is 12.1 Å². The second-order valence-corrected chi connectivity index (χ2v) is 8.49. The Kier molecular flexibility index (Phi) is 5.62. The second-order valence-electron chi connectivity index (χ2n) is 7.49. The number of thiophene rings is 1. The highest BCUT2D eigenvalue weighted by molar-refractivity contribution is 7.10. The molecule has 2 aromatic heterocycles. The molecule has 6 heteroatoms. The highest BCUT2D eigenvalue weighted by Gasteiger charge is 2.24. The zero-order chi connectivity index (χ0) is 20.4. The number of hydrogen-bond acceptors (Lipinski definition) is 5. The standard InChI is InChI=1S/C23H24N2O3S/c1-15-11-12-29-20(15)13-25(2)21(26)14-28-23(27)22-16-7-3-5-9-18(16)24-19-10-6-4-8-17(19)22/h3,5,7,9,11-12H,4,6,8,10,13-14H2,1-2H3. The normalized spacial score (nSPS) is 13.2. The predicted octanol–water partition coefficient (Wildman–Crippen LogP) is 4.30. The van der Waals surface area contributed by atoms with E-state index < -0.39 is 5.97 Å². The first-order chi connectivity index (χ1) is 14.0. The van der Waals surface area contributed by atoms with Gasteiger partial charge in [0.15, 0.2) is 6.61 Å². The van der Waals surface area contributed by atoms with Gasteiger partial charge < -0.3 is 9.64 Å². The Morgan fingerprint density at radius 3 is 2.76 bits per heavy atom. The van der Waals surface area contributed by atoms with Crippen molar-refractivity contribution in [2.75, 3.05) is 13.7 Å². The van der Waals surface area contributed by atoms with E-state index >= 15 is 0 Å². The van der Waals surface area contributed by atoms with Crippen LogP contribution in [0.4, 0.5) is 0 Å². The van der Waals surface area contributed by atoms with Crippen molar-refractivity contribution in [1.82, 2.24) is 9.88 Å². The topological polar surface area (TPSA) is 59.5 Å². The van der Waals surface area contributed by atoms with Gasteiger partial charge in [0.05, 0.1) is 17.6 Å². The molecule has 0 radical (unpaired) electrons. The largest absolute Gasteiger partial charge is 0.452 e. The Morgan fingerprint density at radius 1 is 1.17 bits per heavy atom. The first kappa shape index (κ1) is 19.6. The van der Waals surface area contributed by atoms with Crippen molar-refractivity contribution in [2.24, 2.45) is 0 Å². The summed E-state index contributed by atoms with van der Waals surface area (Å²) in [6, 6.07) is 9.68. The van der Waals surface area contributed by atoms with Gasteiger partial charge in [0.25, 0.3) is 5.91 Å². The fraction of sp³-hybridized carbons (Fsp3) is 0.348. The summed E-state index contributed by atoms with van der Waals surface area (Å²) in [6.07, 6.45) is 3.82. The van der Waals surface area contributed by atoms with E-state index in [1.165, 1.54) is 5.56 Å². The van der Waals surface area contributed by atoms with Crippen molar-refractivity contribution in [3.05, 3.63) is 63.0 Å². The number of likely N-dealkylation sites (N-methyl/N-ethyl adjacent to an activating group) is 1. The SMILES string of the molecule is Cc1ccsc1CN(C)C(=O)COC(=O)c1c2c(nc3ccccc13)CCCC2. The summed E-state index contributed by atoms with van der Waals surface area (Å²) < 4.78 is 5.48. The fourth-order valence-electron chi connectivity index (χ4n) is 3.79. The van der Waals surface area contributed by atoms with Crippen LogP contribution < -0.4 is 0 Å². The van der Waals surface area contributed by atoms with Crippen molar-refractivity contribution in [3.8, 4) is 0 Å². The van der Waals surface area contributed by atoms with Crippen LogP contribution in [0.25, 0.3) is 10.9 Å². The number of aromatic nitrogens is 1. The number of carbonyl (C=O) groups excluding carboxylic acids is 2. The third-order valence-electron chi connectivity index (χ3n) is 5.47. The molecule has 0 N–H and O–H groups in total. The number of benzene rings is 1. The van der Waals surface area contributed by atoms with Crippen LogP contribution in [0.5, 0.6) is 0 Å². The van der Waals surface area contributed by atoms with Gasteiger partial charge in [-0.1, -0.05) is 18.2 Å². The molecule has 0 saturated heterocycles. The number of esters is 1. The van der Waals surface area contributed by atoms with E-state index in [4.69, 9.17) is 9.72 Å². The number of nitrogens with zero attached hydrogens (tertiary/aromatic N) is 2. The van der Waals surface area contributed by atoms with Gasteiger partial charge in [0, 0.05) is 23.0 Å². The highest BCUT2D eigenvalue weighted by atomic mass is 32.1. The molecule has 0 saturated carbocycles. The number of ether oxygens (including phenoxy) is 1. The maximum Gasteiger partial charge on any atom is 0.339 e. The van der Waals surface area contributed by atoms with E-state index in [-0.39, 0.29) is 12.5 Å².